The summed E-state index contributed by atoms with van der Waals surface area (Å²) in [4.78, 5) is 14.2. The molecule has 0 unspecified atom stereocenters. The van der Waals surface area contributed by atoms with E-state index in [1.165, 1.54) is 12.1 Å². The van der Waals surface area contributed by atoms with Gasteiger partial charge in [0.05, 0.1) is 17.1 Å². The number of nitrogens with one attached hydrogen (secondary N) is 1. The molecule has 0 spiro atoms. The van der Waals surface area contributed by atoms with Crippen LogP contribution in [0.2, 0.25) is 5.15 Å². The Bertz CT molecular complexity index is 607. The van der Waals surface area contributed by atoms with Gasteiger partial charge < -0.3 is 5.32 Å². The van der Waals surface area contributed by atoms with E-state index in [0.717, 1.165) is 10.2 Å². The molecule has 92 valence electrons. The van der Waals surface area contributed by atoms with Gasteiger partial charge in [-0.1, -0.05) is 33.6 Å². The first-order valence-electron chi connectivity index (χ1n) is 4.89. The lowest BCUT2D eigenvalue weighted by molar-refractivity contribution is -0.384. The van der Waals surface area contributed by atoms with Crippen LogP contribution in [0.15, 0.2) is 40.9 Å². The highest BCUT2D eigenvalue weighted by atomic mass is 79.9. The highest BCUT2D eigenvalue weighted by Gasteiger charge is 2.10. The normalized spacial score (nSPS) is 10.1. The van der Waals surface area contributed by atoms with E-state index in [9.17, 15) is 10.1 Å². The van der Waals surface area contributed by atoms with Crippen molar-refractivity contribution in [3.63, 3.8) is 0 Å². The van der Waals surface area contributed by atoms with Crippen molar-refractivity contribution >= 4 is 44.7 Å². The fourth-order valence-corrected chi connectivity index (χ4v) is 1.97. The number of anilines is 2. The largest absolute Gasteiger partial charge is 0.340 e. The second kappa shape index (κ2) is 5.32. The van der Waals surface area contributed by atoms with Crippen LogP contribution in [0, 0.1) is 10.1 Å². The van der Waals surface area contributed by atoms with Gasteiger partial charge in [-0.3, -0.25) is 10.1 Å². The molecule has 0 aliphatic carbocycles. The van der Waals surface area contributed by atoms with Crippen LogP contribution in [0.1, 0.15) is 0 Å². The van der Waals surface area contributed by atoms with Gasteiger partial charge >= 0.3 is 0 Å². The van der Waals surface area contributed by atoms with E-state index in [-0.39, 0.29) is 10.8 Å². The number of nitro groups is 1. The molecule has 0 aliphatic rings. The van der Waals surface area contributed by atoms with E-state index < -0.39 is 4.92 Å². The third kappa shape index (κ3) is 3.18. The van der Waals surface area contributed by atoms with Gasteiger partial charge in [0.25, 0.3) is 5.69 Å². The zero-order valence-electron chi connectivity index (χ0n) is 8.93. The number of halogens is 2. The molecule has 18 heavy (non-hydrogen) atoms. The van der Waals surface area contributed by atoms with E-state index in [4.69, 9.17) is 11.6 Å². The Morgan fingerprint density at radius 2 is 2.11 bits per heavy atom. The maximum Gasteiger partial charge on any atom is 0.276 e. The first kappa shape index (κ1) is 12.8. The number of aromatic nitrogens is 1. The van der Waals surface area contributed by atoms with E-state index in [1.54, 1.807) is 0 Å². The Morgan fingerprint density at radius 3 is 2.78 bits per heavy atom. The lowest BCUT2D eigenvalue weighted by Crippen LogP contribution is -1.96. The monoisotopic (exact) mass is 327 g/mol. The molecule has 1 aromatic carbocycles. The van der Waals surface area contributed by atoms with E-state index in [2.05, 4.69) is 26.2 Å². The van der Waals surface area contributed by atoms with Crippen LogP contribution < -0.4 is 5.32 Å². The average molecular weight is 329 g/mol. The number of hydrogen-bond donors (Lipinski definition) is 1. The van der Waals surface area contributed by atoms with Crippen molar-refractivity contribution in [2.45, 2.75) is 0 Å². The van der Waals surface area contributed by atoms with Crippen molar-refractivity contribution in [1.82, 2.24) is 4.98 Å². The van der Waals surface area contributed by atoms with Gasteiger partial charge in [0.15, 0.2) is 0 Å². The molecule has 0 bridgehead atoms. The number of pyridine rings is 1. The van der Waals surface area contributed by atoms with E-state index in [0.29, 0.717) is 5.82 Å². The number of benzene rings is 1. The summed E-state index contributed by atoms with van der Waals surface area (Å²) in [7, 11) is 0. The fourth-order valence-electron chi connectivity index (χ4n) is 1.37. The van der Waals surface area contributed by atoms with Crippen molar-refractivity contribution in [2.75, 3.05) is 5.32 Å². The molecule has 0 aliphatic heterocycles. The first-order valence-corrected chi connectivity index (χ1v) is 6.06. The SMILES string of the molecule is O=[N+]([O-])c1cc(Cl)nc(Nc2cccc(Br)c2)c1. The summed E-state index contributed by atoms with van der Waals surface area (Å²) in [5.74, 6) is 0.326. The number of rotatable bonds is 3. The van der Waals surface area contributed by atoms with Crippen LogP contribution in [0.4, 0.5) is 17.2 Å². The first-order chi connectivity index (χ1) is 8.54. The lowest BCUT2D eigenvalue weighted by atomic mass is 10.3. The van der Waals surface area contributed by atoms with Crippen LogP contribution in [-0.2, 0) is 0 Å². The minimum absolute atomic E-state index is 0.0710. The topological polar surface area (TPSA) is 68.1 Å². The standard InChI is InChI=1S/C11H7BrClN3O2/c12-7-2-1-3-8(4-7)14-11-6-9(16(17)18)5-10(13)15-11/h1-6H,(H,14,15). The average Bonchev–Trinajstić information content (AvgIpc) is 2.28. The van der Waals surface area contributed by atoms with Gasteiger partial charge in [0.1, 0.15) is 11.0 Å². The van der Waals surface area contributed by atoms with Crippen molar-refractivity contribution in [2.24, 2.45) is 0 Å². The summed E-state index contributed by atoms with van der Waals surface area (Å²) in [6.07, 6.45) is 0. The Balaban J connectivity index is 2.31. The predicted molar refractivity (Wildman–Crippen MR) is 73.3 cm³/mol. The molecule has 7 heteroatoms. The molecule has 0 radical (unpaired) electrons. The molecule has 0 fully saturated rings. The molecule has 1 N–H and O–H groups in total. The Kier molecular flexibility index (Phi) is 3.78. The molecule has 0 atom stereocenters. The van der Waals surface area contributed by atoms with Gasteiger partial charge in [-0.25, -0.2) is 4.98 Å². The molecule has 2 aromatic rings. The zero-order valence-corrected chi connectivity index (χ0v) is 11.3. The Morgan fingerprint density at radius 1 is 1.33 bits per heavy atom. The van der Waals surface area contributed by atoms with E-state index >= 15 is 0 Å². The zero-order chi connectivity index (χ0) is 13.1. The molecule has 2 rings (SSSR count). The summed E-state index contributed by atoms with van der Waals surface area (Å²) in [6, 6.07) is 9.89. The van der Waals surface area contributed by atoms with Crippen LogP contribution in [0.3, 0.4) is 0 Å². The van der Waals surface area contributed by atoms with Gasteiger partial charge in [0, 0.05) is 10.2 Å². The Hall–Kier alpha value is -1.66. The molecule has 1 aromatic heterocycles. The summed E-state index contributed by atoms with van der Waals surface area (Å²) in [5, 5.41) is 13.7. The summed E-state index contributed by atoms with van der Waals surface area (Å²) in [6.45, 7) is 0. The predicted octanol–water partition coefficient (Wildman–Crippen LogP) is 4.15. The van der Waals surface area contributed by atoms with Crippen LogP contribution >= 0.6 is 27.5 Å². The minimum Gasteiger partial charge on any atom is -0.340 e. The molecular weight excluding hydrogens is 321 g/mol. The molecule has 0 saturated heterocycles. The van der Waals surface area contributed by atoms with Crippen molar-refractivity contribution in [3.05, 3.63) is 56.1 Å². The Labute approximate surface area is 116 Å². The molecule has 5 nitrogen and oxygen atoms in total. The maximum atomic E-state index is 10.7. The van der Waals surface area contributed by atoms with Crippen molar-refractivity contribution < 1.29 is 4.92 Å². The second-order valence-corrected chi connectivity index (χ2v) is 4.73. The smallest absolute Gasteiger partial charge is 0.276 e. The molecule has 0 saturated carbocycles. The summed E-state index contributed by atoms with van der Waals surface area (Å²) < 4.78 is 0.893. The van der Waals surface area contributed by atoms with Crippen LogP contribution in [0.25, 0.3) is 0 Å². The van der Waals surface area contributed by atoms with Crippen molar-refractivity contribution in [3.8, 4) is 0 Å². The number of hydrogen-bond acceptors (Lipinski definition) is 4. The highest BCUT2D eigenvalue weighted by Crippen LogP contribution is 2.24. The van der Waals surface area contributed by atoms with Gasteiger partial charge in [-0.15, -0.1) is 0 Å². The van der Waals surface area contributed by atoms with Gasteiger partial charge in [0.2, 0.25) is 0 Å². The highest BCUT2D eigenvalue weighted by molar-refractivity contribution is 9.10. The minimum atomic E-state index is -0.514. The molecule has 1 heterocycles. The molecular formula is C11H7BrClN3O2. The van der Waals surface area contributed by atoms with Crippen molar-refractivity contribution in [1.29, 1.82) is 0 Å². The lowest BCUT2D eigenvalue weighted by Gasteiger charge is -2.06. The third-order valence-electron chi connectivity index (χ3n) is 2.09. The fraction of sp³-hybridized carbons (Fsp3) is 0. The second-order valence-electron chi connectivity index (χ2n) is 3.43. The van der Waals surface area contributed by atoms with Gasteiger partial charge in [-0.2, -0.15) is 0 Å². The van der Waals surface area contributed by atoms with Crippen LogP contribution in [-0.4, -0.2) is 9.91 Å². The quantitative estimate of drug-likeness (QED) is 0.522. The van der Waals surface area contributed by atoms with Crippen LogP contribution in [0.5, 0.6) is 0 Å². The molecule has 0 amide bonds. The summed E-state index contributed by atoms with van der Waals surface area (Å²) >= 11 is 9.06. The van der Waals surface area contributed by atoms with E-state index in [1.807, 2.05) is 24.3 Å². The summed E-state index contributed by atoms with van der Waals surface area (Å²) in [5.41, 5.74) is 0.654. The maximum absolute atomic E-state index is 10.7. The van der Waals surface area contributed by atoms with Gasteiger partial charge in [-0.05, 0) is 18.2 Å². The third-order valence-corrected chi connectivity index (χ3v) is 2.77. The number of nitrogens with zero attached hydrogens (tertiary/aromatic N) is 2.